The van der Waals surface area contributed by atoms with E-state index in [1.807, 2.05) is 18.8 Å². The first-order chi connectivity index (χ1) is 11.8. The summed E-state index contributed by atoms with van der Waals surface area (Å²) >= 11 is 0. The molecule has 1 fully saturated rings. The zero-order valence-electron chi connectivity index (χ0n) is 16.7. The Morgan fingerprint density at radius 2 is 2.12 bits per heavy atom. The van der Waals surface area contributed by atoms with E-state index in [9.17, 15) is 5.11 Å². The Morgan fingerprint density at radius 3 is 2.69 bits per heavy atom. The minimum atomic E-state index is -0.753. The van der Waals surface area contributed by atoms with Crippen LogP contribution in [0.3, 0.4) is 0 Å². The van der Waals surface area contributed by atoms with Gasteiger partial charge in [-0.25, -0.2) is 0 Å². The lowest BCUT2D eigenvalue weighted by Crippen LogP contribution is -2.43. The summed E-state index contributed by atoms with van der Waals surface area (Å²) in [6.45, 7) is 9.49. The lowest BCUT2D eigenvalue weighted by molar-refractivity contribution is -0.0566. The maximum absolute atomic E-state index is 10.6. The number of nitrogens with zero attached hydrogens (tertiary/aromatic N) is 4. The van der Waals surface area contributed by atoms with E-state index < -0.39 is 5.60 Å². The van der Waals surface area contributed by atoms with Crippen LogP contribution in [0.5, 0.6) is 0 Å². The second-order valence-electron chi connectivity index (χ2n) is 7.23. The Bertz CT molecular complexity index is 582. The largest absolute Gasteiger partial charge is 0.388 e. The summed E-state index contributed by atoms with van der Waals surface area (Å²) in [7, 11) is 3.97. The summed E-state index contributed by atoms with van der Waals surface area (Å²) in [5.41, 5.74) is 1.57. The van der Waals surface area contributed by atoms with Gasteiger partial charge >= 0.3 is 0 Å². The number of ether oxygens (including phenoxy) is 1. The van der Waals surface area contributed by atoms with E-state index in [0.717, 1.165) is 24.7 Å². The summed E-state index contributed by atoms with van der Waals surface area (Å²) in [4.78, 5) is 6.78. The van der Waals surface area contributed by atoms with Crippen LogP contribution in [-0.4, -0.2) is 64.7 Å². The van der Waals surface area contributed by atoms with E-state index in [1.54, 1.807) is 0 Å². The van der Waals surface area contributed by atoms with E-state index in [4.69, 9.17) is 4.74 Å². The van der Waals surface area contributed by atoms with Gasteiger partial charge in [0.2, 0.25) is 0 Å². The molecule has 1 aromatic rings. The zero-order valence-corrected chi connectivity index (χ0v) is 19.0. The van der Waals surface area contributed by atoms with Crippen molar-refractivity contribution in [3.63, 3.8) is 0 Å². The summed E-state index contributed by atoms with van der Waals surface area (Å²) < 4.78 is 7.21. The SMILES string of the molecule is CCNC(=NCC1(O)CCOCC1)N(C)Cc1cn(C)nc1C(C)C.I. The molecule has 8 heteroatoms. The molecule has 0 bridgehead atoms. The number of hydrogen-bond donors (Lipinski definition) is 2. The van der Waals surface area contributed by atoms with Crippen LogP contribution in [-0.2, 0) is 18.3 Å². The molecule has 2 N–H and O–H groups in total. The second-order valence-corrected chi connectivity index (χ2v) is 7.23. The van der Waals surface area contributed by atoms with Gasteiger partial charge in [0.15, 0.2) is 5.96 Å². The van der Waals surface area contributed by atoms with Crippen molar-refractivity contribution in [2.24, 2.45) is 12.0 Å². The highest BCUT2D eigenvalue weighted by Gasteiger charge is 2.29. The third kappa shape index (κ3) is 6.38. The van der Waals surface area contributed by atoms with E-state index in [0.29, 0.717) is 38.5 Å². The summed E-state index contributed by atoms with van der Waals surface area (Å²) in [5.74, 6) is 1.19. The van der Waals surface area contributed by atoms with Crippen molar-refractivity contribution in [3.05, 3.63) is 17.5 Å². The average Bonchev–Trinajstić information content (AvgIpc) is 2.92. The van der Waals surface area contributed by atoms with Crippen molar-refractivity contribution >= 4 is 29.9 Å². The van der Waals surface area contributed by atoms with E-state index >= 15 is 0 Å². The van der Waals surface area contributed by atoms with E-state index in [-0.39, 0.29) is 24.0 Å². The Labute approximate surface area is 174 Å². The molecule has 150 valence electrons. The Balaban J connectivity index is 0.00000338. The fourth-order valence-electron chi connectivity index (χ4n) is 3.09. The van der Waals surface area contributed by atoms with Crippen LogP contribution in [0.15, 0.2) is 11.2 Å². The van der Waals surface area contributed by atoms with Crippen molar-refractivity contribution in [2.45, 2.75) is 51.7 Å². The van der Waals surface area contributed by atoms with Crippen molar-refractivity contribution in [2.75, 3.05) is 33.4 Å². The molecule has 2 heterocycles. The predicted octanol–water partition coefficient (Wildman–Crippen LogP) is 2.10. The molecule has 0 saturated carbocycles. The third-order valence-electron chi connectivity index (χ3n) is 4.53. The zero-order chi connectivity index (χ0) is 18.4. The summed E-state index contributed by atoms with van der Waals surface area (Å²) in [6.07, 6.45) is 3.35. The molecule has 0 radical (unpaired) electrons. The molecule has 7 nitrogen and oxygen atoms in total. The first-order valence-corrected chi connectivity index (χ1v) is 9.16. The Kier molecular flexibility index (Phi) is 9.32. The molecule has 1 aliphatic heterocycles. The van der Waals surface area contributed by atoms with Crippen molar-refractivity contribution < 1.29 is 9.84 Å². The molecule has 0 unspecified atom stereocenters. The van der Waals surface area contributed by atoms with Gasteiger partial charge < -0.3 is 20.1 Å². The monoisotopic (exact) mass is 479 g/mol. The van der Waals surface area contributed by atoms with Gasteiger partial charge in [-0.15, -0.1) is 24.0 Å². The van der Waals surface area contributed by atoms with Gasteiger partial charge in [0.25, 0.3) is 0 Å². The third-order valence-corrected chi connectivity index (χ3v) is 4.53. The van der Waals surface area contributed by atoms with E-state index in [1.165, 1.54) is 5.56 Å². The van der Waals surface area contributed by atoms with Crippen LogP contribution in [0.25, 0.3) is 0 Å². The molecule has 26 heavy (non-hydrogen) atoms. The predicted molar refractivity (Wildman–Crippen MR) is 115 cm³/mol. The fraction of sp³-hybridized carbons (Fsp3) is 0.778. The highest BCUT2D eigenvalue weighted by molar-refractivity contribution is 14.0. The summed E-state index contributed by atoms with van der Waals surface area (Å²) in [5, 5.41) is 18.5. The average molecular weight is 479 g/mol. The van der Waals surface area contributed by atoms with Gasteiger partial charge in [-0.2, -0.15) is 5.10 Å². The van der Waals surface area contributed by atoms with Gasteiger partial charge in [0, 0.05) is 65.0 Å². The molecule has 1 saturated heterocycles. The van der Waals surface area contributed by atoms with Crippen LogP contribution >= 0.6 is 24.0 Å². The number of aryl methyl sites for hydroxylation is 1. The van der Waals surface area contributed by atoms with Gasteiger partial charge in [-0.3, -0.25) is 9.67 Å². The first kappa shape index (κ1) is 23.2. The highest BCUT2D eigenvalue weighted by atomic mass is 127. The fourth-order valence-corrected chi connectivity index (χ4v) is 3.09. The number of guanidine groups is 1. The number of aliphatic imine (C=N–C) groups is 1. The normalized spacial score (nSPS) is 17.1. The van der Waals surface area contributed by atoms with Crippen LogP contribution < -0.4 is 5.32 Å². The standard InChI is InChI=1S/C18H33N5O2.HI/c1-6-19-17(20-13-18(24)7-9-25-10-8-18)22(4)11-15-12-23(5)21-16(15)14(2)3;/h12,14,24H,6-11,13H2,1-5H3,(H,19,20);1H. The molecule has 0 aliphatic carbocycles. The number of aromatic nitrogens is 2. The summed E-state index contributed by atoms with van der Waals surface area (Å²) in [6, 6.07) is 0. The lowest BCUT2D eigenvalue weighted by Gasteiger charge is -2.31. The molecule has 0 aromatic carbocycles. The number of nitrogens with one attached hydrogen (secondary N) is 1. The van der Waals surface area contributed by atoms with Crippen LogP contribution in [0.1, 0.15) is 50.8 Å². The molecular weight excluding hydrogens is 445 g/mol. The van der Waals surface area contributed by atoms with Gasteiger partial charge in [0.1, 0.15) is 0 Å². The quantitative estimate of drug-likeness (QED) is 0.372. The van der Waals surface area contributed by atoms with Crippen LogP contribution in [0, 0.1) is 0 Å². The Hall–Kier alpha value is -0.870. The van der Waals surface area contributed by atoms with E-state index in [2.05, 4.69) is 47.3 Å². The minimum absolute atomic E-state index is 0. The first-order valence-electron chi connectivity index (χ1n) is 9.16. The Morgan fingerprint density at radius 1 is 1.46 bits per heavy atom. The minimum Gasteiger partial charge on any atom is -0.388 e. The van der Waals surface area contributed by atoms with Crippen LogP contribution in [0.2, 0.25) is 0 Å². The molecule has 0 atom stereocenters. The molecular formula is C18H34IN5O2. The number of hydrogen-bond acceptors (Lipinski definition) is 4. The molecule has 0 spiro atoms. The maximum Gasteiger partial charge on any atom is 0.194 e. The van der Waals surface area contributed by atoms with Crippen molar-refractivity contribution in [1.82, 2.24) is 20.0 Å². The molecule has 0 amide bonds. The maximum atomic E-state index is 10.6. The molecule has 1 aromatic heterocycles. The topological polar surface area (TPSA) is 74.9 Å². The lowest BCUT2D eigenvalue weighted by atomic mass is 9.95. The molecule has 2 rings (SSSR count). The van der Waals surface area contributed by atoms with Crippen LogP contribution in [0.4, 0.5) is 0 Å². The smallest absolute Gasteiger partial charge is 0.194 e. The van der Waals surface area contributed by atoms with Crippen molar-refractivity contribution in [3.8, 4) is 0 Å². The van der Waals surface area contributed by atoms with Gasteiger partial charge in [-0.1, -0.05) is 13.8 Å². The van der Waals surface area contributed by atoms with Crippen molar-refractivity contribution in [1.29, 1.82) is 0 Å². The second kappa shape index (κ2) is 10.5. The number of rotatable bonds is 6. The number of halogens is 1. The van der Waals surface area contributed by atoms with Gasteiger partial charge in [-0.05, 0) is 12.8 Å². The highest BCUT2D eigenvalue weighted by Crippen LogP contribution is 2.21. The molecule has 1 aliphatic rings. The van der Waals surface area contributed by atoms with Gasteiger partial charge in [0.05, 0.1) is 17.8 Å². The number of aliphatic hydroxyl groups is 1.